The van der Waals surface area contributed by atoms with E-state index >= 15 is 4.39 Å². The lowest BCUT2D eigenvalue weighted by molar-refractivity contribution is 0.636. The minimum atomic E-state index is -0.227. The van der Waals surface area contributed by atoms with E-state index in [-0.39, 0.29) is 5.82 Å². The highest BCUT2D eigenvalue weighted by Gasteiger charge is 2.07. The van der Waals surface area contributed by atoms with Crippen molar-refractivity contribution in [3.63, 3.8) is 0 Å². The lowest BCUT2D eigenvalue weighted by Crippen LogP contribution is -1.92. The van der Waals surface area contributed by atoms with Crippen molar-refractivity contribution in [1.29, 1.82) is 0 Å². The fourth-order valence-corrected chi connectivity index (χ4v) is 4.64. The Labute approximate surface area is 222 Å². The van der Waals surface area contributed by atoms with Gasteiger partial charge in [0.05, 0.1) is 5.56 Å². The van der Waals surface area contributed by atoms with Gasteiger partial charge in [0.25, 0.3) is 0 Å². The van der Waals surface area contributed by atoms with Gasteiger partial charge in [-0.2, -0.15) is 0 Å². The van der Waals surface area contributed by atoms with Crippen LogP contribution in [0.15, 0.2) is 91.0 Å². The molecule has 0 aliphatic heterocycles. The van der Waals surface area contributed by atoms with Crippen LogP contribution in [0, 0.1) is 17.7 Å². The SMILES string of the molecule is C/C=C/CCc1ccc(CCc2ccc(C#Cc3ccc4cc(CCCCC)ccc4c3F)cc2)cc1. The van der Waals surface area contributed by atoms with Gasteiger partial charge in [0.1, 0.15) is 5.82 Å². The molecule has 0 N–H and O–H groups in total. The van der Waals surface area contributed by atoms with Crippen LogP contribution in [0.1, 0.15) is 72.9 Å². The molecule has 0 aromatic heterocycles. The molecule has 0 aliphatic carbocycles. The van der Waals surface area contributed by atoms with Gasteiger partial charge in [-0.25, -0.2) is 4.39 Å². The molecule has 4 aromatic rings. The number of halogens is 1. The van der Waals surface area contributed by atoms with E-state index in [1.807, 2.05) is 24.3 Å². The number of fused-ring (bicyclic) bond motifs is 1. The number of hydrogen-bond donors (Lipinski definition) is 0. The molecular weight excluding hydrogens is 451 g/mol. The van der Waals surface area contributed by atoms with Crippen LogP contribution in [-0.4, -0.2) is 0 Å². The number of rotatable bonds is 10. The molecule has 0 amide bonds. The predicted octanol–water partition coefficient (Wildman–Crippen LogP) is 9.41. The lowest BCUT2D eigenvalue weighted by atomic mass is 10.00. The predicted molar refractivity (Wildman–Crippen MR) is 157 cm³/mol. The second-order valence-electron chi connectivity index (χ2n) is 9.81. The maximum absolute atomic E-state index is 15.1. The molecule has 4 aromatic carbocycles. The van der Waals surface area contributed by atoms with Gasteiger partial charge >= 0.3 is 0 Å². The third-order valence-electron chi connectivity index (χ3n) is 6.94. The Morgan fingerprint density at radius 3 is 2.00 bits per heavy atom. The van der Waals surface area contributed by atoms with Crippen molar-refractivity contribution in [2.24, 2.45) is 0 Å². The molecule has 0 nitrogen and oxygen atoms in total. The van der Waals surface area contributed by atoms with Crippen molar-refractivity contribution in [3.05, 3.63) is 130 Å². The van der Waals surface area contributed by atoms with E-state index in [2.05, 4.69) is 86.4 Å². The summed E-state index contributed by atoms with van der Waals surface area (Å²) >= 11 is 0. The molecule has 0 aliphatic rings. The van der Waals surface area contributed by atoms with Gasteiger partial charge in [-0.05, 0) is 91.3 Å². The Kier molecular flexibility index (Phi) is 9.73. The van der Waals surface area contributed by atoms with E-state index in [4.69, 9.17) is 0 Å². The highest BCUT2D eigenvalue weighted by Crippen LogP contribution is 2.23. The summed E-state index contributed by atoms with van der Waals surface area (Å²) in [5, 5.41) is 1.59. The number of allylic oxidation sites excluding steroid dienone is 2. The molecule has 0 bridgehead atoms. The molecule has 0 heterocycles. The minimum absolute atomic E-state index is 0.227. The zero-order valence-electron chi connectivity index (χ0n) is 22.2. The highest BCUT2D eigenvalue weighted by molar-refractivity contribution is 5.85. The van der Waals surface area contributed by atoms with Crippen LogP contribution in [0.3, 0.4) is 0 Å². The summed E-state index contributed by atoms with van der Waals surface area (Å²) in [4.78, 5) is 0. The second kappa shape index (κ2) is 13.6. The van der Waals surface area contributed by atoms with Crippen molar-refractivity contribution in [1.82, 2.24) is 0 Å². The van der Waals surface area contributed by atoms with Gasteiger partial charge in [0, 0.05) is 10.9 Å². The van der Waals surface area contributed by atoms with E-state index in [1.54, 1.807) is 6.07 Å². The zero-order chi connectivity index (χ0) is 25.9. The number of benzene rings is 4. The first-order valence-corrected chi connectivity index (χ1v) is 13.7. The van der Waals surface area contributed by atoms with E-state index in [0.717, 1.165) is 43.1 Å². The summed E-state index contributed by atoms with van der Waals surface area (Å²) in [7, 11) is 0. The van der Waals surface area contributed by atoms with E-state index < -0.39 is 0 Å². The first-order chi connectivity index (χ1) is 18.2. The molecule has 0 spiro atoms. The summed E-state index contributed by atoms with van der Waals surface area (Å²) in [6, 6.07) is 27.2. The van der Waals surface area contributed by atoms with Gasteiger partial charge in [-0.15, -0.1) is 0 Å². The molecule has 188 valence electrons. The summed E-state index contributed by atoms with van der Waals surface area (Å²) in [5.74, 6) is 5.97. The molecule has 0 saturated heterocycles. The third-order valence-corrected chi connectivity index (χ3v) is 6.94. The molecule has 0 radical (unpaired) electrons. The third kappa shape index (κ3) is 7.68. The Morgan fingerprint density at radius 1 is 0.676 bits per heavy atom. The number of aryl methyl sites for hydroxylation is 4. The first kappa shape index (κ1) is 26.4. The molecule has 4 rings (SSSR count). The first-order valence-electron chi connectivity index (χ1n) is 13.7. The molecule has 0 fully saturated rings. The molecule has 0 unspecified atom stereocenters. The monoisotopic (exact) mass is 488 g/mol. The summed E-state index contributed by atoms with van der Waals surface area (Å²) in [6.45, 7) is 4.28. The van der Waals surface area contributed by atoms with Crippen molar-refractivity contribution in [3.8, 4) is 11.8 Å². The van der Waals surface area contributed by atoms with Gasteiger partial charge in [0.2, 0.25) is 0 Å². The summed E-state index contributed by atoms with van der Waals surface area (Å²) < 4.78 is 15.1. The molecule has 37 heavy (non-hydrogen) atoms. The van der Waals surface area contributed by atoms with Crippen LogP contribution in [-0.2, 0) is 25.7 Å². The second-order valence-corrected chi connectivity index (χ2v) is 9.81. The smallest absolute Gasteiger partial charge is 0.146 e. The van der Waals surface area contributed by atoms with Crippen LogP contribution in [0.4, 0.5) is 4.39 Å². The average molecular weight is 489 g/mol. The van der Waals surface area contributed by atoms with E-state index in [1.165, 1.54) is 41.5 Å². The van der Waals surface area contributed by atoms with Crippen molar-refractivity contribution in [2.75, 3.05) is 0 Å². The Bertz CT molecular complexity index is 1380. The minimum Gasteiger partial charge on any atom is -0.205 e. The van der Waals surface area contributed by atoms with Gasteiger partial charge in [0.15, 0.2) is 0 Å². The summed E-state index contributed by atoms with van der Waals surface area (Å²) in [5.41, 5.74) is 6.66. The van der Waals surface area contributed by atoms with Crippen LogP contribution >= 0.6 is 0 Å². The van der Waals surface area contributed by atoms with Crippen LogP contribution in [0.5, 0.6) is 0 Å². The maximum atomic E-state index is 15.1. The van der Waals surface area contributed by atoms with Crippen molar-refractivity contribution >= 4 is 10.8 Å². The quantitative estimate of drug-likeness (QED) is 0.118. The van der Waals surface area contributed by atoms with E-state index in [9.17, 15) is 0 Å². The molecular formula is C36H37F. The largest absolute Gasteiger partial charge is 0.205 e. The topological polar surface area (TPSA) is 0 Å². The fraction of sp³-hybridized carbons (Fsp3) is 0.278. The zero-order valence-corrected chi connectivity index (χ0v) is 22.2. The molecule has 0 atom stereocenters. The normalized spacial score (nSPS) is 11.1. The Balaban J connectivity index is 1.36. The molecule has 0 saturated carbocycles. The lowest BCUT2D eigenvalue weighted by Gasteiger charge is -2.06. The van der Waals surface area contributed by atoms with Crippen LogP contribution in [0.2, 0.25) is 0 Å². The van der Waals surface area contributed by atoms with Gasteiger partial charge in [-0.1, -0.05) is 104 Å². The van der Waals surface area contributed by atoms with Crippen molar-refractivity contribution in [2.45, 2.75) is 65.2 Å². The van der Waals surface area contributed by atoms with Crippen LogP contribution < -0.4 is 0 Å². The number of unbranched alkanes of at least 4 members (excludes halogenated alkanes) is 2. The standard InChI is InChI=1S/C36H37F/c1-3-5-7-9-28-11-13-29(14-12-28)15-16-30-17-19-31(20-18-30)21-23-33-24-25-34-27-32(10-8-6-4-2)22-26-35(34)36(33)37/h3,5,11-14,17-20,22,24-27H,4,6-10,15-16H2,1-2H3/b5-3+. The summed E-state index contributed by atoms with van der Waals surface area (Å²) in [6.07, 6.45) is 13.2. The van der Waals surface area contributed by atoms with Crippen molar-refractivity contribution < 1.29 is 4.39 Å². The highest BCUT2D eigenvalue weighted by atomic mass is 19.1. The average Bonchev–Trinajstić information content (AvgIpc) is 2.93. The van der Waals surface area contributed by atoms with Gasteiger partial charge < -0.3 is 0 Å². The fourth-order valence-electron chi connectivity index (χ4n) is 4.64. The molecule has 1 heteroatoms. The van der Waals surface area contributed by atoms with E-state index in [0.29, 0.717) is 10.9 Å². The Morgan fingerprint density at radius 2 is 1.32 bits per heavy atom. The van der Waals surface area contributed by atoms with Crippen LogP contribution in [0.25, 0.3) is 10.8 Å². The van der Waals surface area contributed by atoms with Gasteiger partial charge in [-0.3, -0.25) is 0 Å². The Hall–Kier alpha value is -3.63. The number of hydrogen-bond acceptors (Lipinski definition) is 0. The maximum Gasteiger partial charge on any atom is 0.146 e.